The summed E-state index contributed by atoms with van der Waals surface area (Å²) in [7, 11) is 0. The molecule has 0 aliphatic carbocycles. The molecule has 0 N–H and O–H groups in total. The molecule has 2 aromatic rings. The Bertz CT molecular complexity index is 818. The molecule has 0 unspecified atom stereocenters. The summed E-state index contributed by atoms with van der Waals surface area (Å²) in [6, 6.07) is 3.07. The Kier molecular flexibility index (Phi) is 5.06. The maximum atomic E-state index is 12.8. The number of rotatable bonds is 3. The molecule has 1 heterocycles. The van der Waals surface area contributed by atoms with Crippen molar-refractivity contribution in [2.45, 2.75) is 13.1 Å². The Balaban J connectivity index is 2.68. The van der Waals surface area contributed by atoms with Crippen molar-refractivity contribution < 1.29 is 22.7 Å². The van der Waals surface area contributed by atoms with Crippen molar-refractivity contribution in [3.63, 3.8) is 0 Å². The molecule has 1 aromatic carbocycles. The smallest absolute Gasteiger partial charge is 0.416 e. The van der Waals surface area contributed by atoms with Gasteiger partial charge in [0, 0.05) is 0 Å². The minimum absolute atomic E-state index is 0.0311. The molecular weight excluding hydrogens is 370 g/mol. The number of esters is 1. The highest BCUT2D eigenvalue weighted by molar-refractivity contribution is 6.38. The number of ether oxygens (including phenoxy) is 1. The lowest BCUT2D eigenvalue weighted by atomic mass is 10.2. The summed E-state index contributed by atoms with van der Waals surface area (Å²) in [5, 5.41) is 12.1. The molecule has 1 aromatic heterocycles. The van der Waals surface area contributed by atoms with E-state index < -0.39 is 17.7 Å². The number of nitriles is 1. The van der Waals surface area contributed by atoms with Gasteiger partial charge < -0.3 is 4.74 Å². The number of hydrogen-bond donors (Lipinski definition) is 0. The van der Waals surface area contributed by atoms with Crippen molar-refractivity contribution in [1.29, 1.82) is 5.26 Å². The van der Waals surface area contributed by atoms with Crippen LogP contribution in [0, 0.1) is 11.3 Å². The molecule has 0 aliphatic heterocycles. The summed E-state index contributed by atoms with van der Waals surface area (Å²) >= 11 is 11.8. The zero-order valence-electron chi connectivity index (χ0n) is 12.0. The average molecular weight is 378 g/mol. The Morgan fingerprint density at radius 3 is 2.42 bits per heavy atom. The molecule has 0 bridgehead atoms. The van der Waals surface area contributed by atoms with Gasteiger partial charge in [-0.2, -0.15) is 23.5 Å². The fourth-order valence-corrected chi connectivity index (χ4v) is 2.57. The third-order valence-electron chi connectivity index (χ3n) is 2.91. The predicted molar refractivity (Wildman–Crippen MR) is 79.3 cm³/mol. The Morgan fingerprint density at radius 2 is 1.96 bits per heavy atom. The van der Waals surface area contributed by atoms with E-state index in [0.717, 1.165) is 10.9 Å². The zero-order chi connectivity index (χ0) is 18.1. The van der Waals surface area contributed by atoms with Crippen molar-refractivity contribution >= 4 is 29.2 Å². The summed E-state index contributed by atoms with van der Waals surface area (Å²) in [5.41, 5.74) is -1.61. The van der Waals surface area contributed by atoms with Crippen molar-refractivity contribution in [2.24, 2.45) is 0 Å². The van der Waals surface area contributed by atoms with Gasteiger partial charge >= 0.3 is 12.1 Å². The van der Waals surface area contributed by atoms with Crippen LogP contribution in [0.4, 0.5) is 13.2 Å². The van der Waals surface area contributed by atoms with Gasteiger partial charge in [0.05, 0.1) is 28.4 Å². The summed E-state index contributed by atoms with van der Waals surface area (Å²) in [6.07, 6.45) is -3.58. The SMILES string of the molecule is CCOC(=O)c1c(C#N)cnn1-c1c(Cl)cc(C(F)(F)F)cc1Cl. The first-order valence-electron chi connectivity index (χ1n) is 6.42. The van der Waals surface area contributed by atoms with E-state index in [0.29, 0.717) is 12.1 Å². The van der Waals surface area contributed by atoms with E-state index in [-0.39, 0.29) is 33.6 Å². The largest absolute Gasteiger partial charge is 0.461 e. The second-order valence-electron chi connectivity index (χ2n) is 4.44. The number of carbonyl (C=O) groups is 1. The molecular formula is C14H8Cl2F3N3O2. The van der Waals surface area contributed by atoms with Gasteiger partial charge in [0.2, 0.25) is 0 Å². The van der Waals surface area contributed by atoms with Crippen LogP contribution in [0.1, 0.15) is 28.5 Å². The maximum Gasteiger partial charge on any atom is 0.416 e. The molecule has 0 radical (unpaired) electrons. The standard InChI is InChI=1S/C14H8Cl2F3N3O2/c1-2-24-13(23)11-7(5-20)6-21-22(11)12-9(15)3-8(4-10(12)16)14(17,18)19/h3-4,6H,2H2,1H3. The monoisotopic (exact) mass is 377 g/mol. The number of hydrogen-bond acceptors (Lipinski definition) is 4. The fraction of sp³-hybridized carbons (Fsp3) is 0.214. The van der Waals surface area contributed by atoms with Crippen LogP contribution >= 0.6 is 23.2 Å². The number of nitrogens with zero attached hydrogens (tertiary/aromatic N) is 3. The Labute approximate surface area is 144 Å². The lowest BCUT2D eigenvalue weighted by Crippen LogP contribution is -2.14. The van der Waals surface area contributed by atoms with Crippen LogP contribution in [0.3, 0.4) is 0 Å². The van der Waals surface area contributed by atoms with Gasteiger partial charge in [0.1, 0.15) is 17.3 Å². The summed E-state index contributed by atoms with van der Waals surface area (Å²) in [4.78, 5) is 12.0. The van der Waals surface area contributed by atoms with Gasteiger partial charge in [0.15, 0.2) is 5.69 Å². The lowest BCUT2D eigenvalue weighted by Gasteiger charge is -2.14. The number of aromatic nitrogens is 2. The highest BCUT2D eigenvalue weighted by Crippen LogP contribution is 2.38. The predicted octanol–water partition coefficient (Wildman–Crippen LogP) is 4.25. The number of halogens is 5. The molecule has 0 saturated heterocycles. The molecule has 10 heteroatoms. The molecule has 0 spiro atoms. The van der Waals surface area contributed by atoms with E-state index in [2.05, 4.69) is 5.10 Å². The van der Waals surface area contributed by atoms with Crippen LogP contribution in [0.5, 0.6) is 0 Å². The van der Waals surface area contributed by atoms with Crippen LogP contribution in [0.15, 0.2) is 18.3 Å². The molecule has 2 rings (SSSR count). The lowest BCUT2D eigenvalue weighted by molar-refractivity contribution is -0.137. The van der Waals surface area contributed by atoms with E-state index >= 15 is 0 Å². The normalized spacial score (nSPS) is 11.2. The van der Waals surface area contributed by atoms with Crippen molar-refractivity contribution in [1.82, 2.24) is 9.78 Å². The Morgan fingerprint density at radius 1 is 1.38 bits per heavy atom. The molecule has 0 atom stereocenters. The van der Waals surface area contributed by atoms with Gasteiger partial charge in [-0.3, -0.25) is 0 Å². The Hall–Kier alpha value is -2.24. The molecule has 24 heavy (non-hydrogen) atoms. The summed E-state index contributed by atoms with van der Waals surface area (Å²) in [5.74, 6) is -0.876. The van der Waals surface area contributed by atoms with Crippen molar-refractivity contribution in [3.8, 4) is 11.8 Å². The van der Waals surface area contributed by atoms with E-state index in [1.165, 1.54) is 0 Å². The summed E-state index contributed by atoms with van der Waals surface area (Å²) < 4.78 is 44.1. The van der Waals surface area contributed by atoms with E-state index in [1.54, 1.807) is 13.0 Å². The zero-order valence-corrected chi connectivity index (χ0v) is 13.5. The summed E-state index contributed by atoms with van der Waals surface area (Å²) in [6.45, 7) is 1.59. The first-order chi connectivity index (χ1) is 11.2. The molecule has 126 valence electrons. The van der Waals surface area contributed by atoms with Crippen molar-refractivity contribution in [3.05, 3.63) is 45.2 Å². The highest BCUT2D eigenvalue weighted by Gasteiger charge is 2.33. The first-order valence-corrected chi connectivity index (χ1v) is 7.18. The maximum absolute atomic E-state index is 12.8. The topological polar surface area (TPSA) is 67.9 Å². The van der Waals surface area contributed by atoms with Gasteiger partial charge in [-0.05, 0) is 19.1 Å². The second-order valence-corrected chi connectivity index (χ2v) is 5.25. The van der Waals surface area contributed by atoms with E-state index in [9.17, 15) is 18.0 Å². The molecule has 0 saturated carbocycles. The molecule has 0 fully saturated rings. The second kappa shape index (κ2) is 6.71. The molecule has 0 amide bonds. The van der Waals surface area contributed by atoms with Gasteiger partial charge in [-0.1, -0.05) is 23.2 Å². The van der Waals surface area contributed by atoms with Crippen LogP contribution in [0.2, 0.25) is 10.0 Å². The van der Waals surface area contributed by atoms with E-state index in [1.807, 2.05) is 0 Å². The third-order valence-corrected chi connectivity index (χ3v) is 3.49. The van der Waals surface area contributed by atoms with Crippen LogP contribution < -0.4 is 0 Å². The minimum Gasteiger partial charge on any atom is -0.461 e. The van der Waals surface area contributed by atoms with Crippen LogP contribution in [0.25, 0.3) is 5.69 Å². The quantitative estimate of drug-likeness (QED) is 0.749. The highest BCUT2D eigenvalue weighted by atomic mass is 35.5. The number of carbonyl (C=O) groups excluding carboxylic acids is 1. The van der Waals surface area contributed by atoms with Crippen LogP contribution in [-0.2, 0) is 10.9 Å². The third kappa shape index (κ3) is 3.32. The minimum atomic E-state index is -4.64. The number of alkyl halides is 3. The van der Waals surface area contributed by atoms with E-state index in [4.69, 9.17) is 33.2 Å². The molecule has 5 nitrogen and oxygen atoms in total. The van der Waals surface area contributed by atoms with Gasteiger partial charge in [-0.25, -0.2) is 9.48 Å². The van der Waals surface area contributed by atoms with Gasteiger partial charge in [0.25, 0.3) is 0 Å². The first kappa shape index (κ1) is 18.1. The van der Waals surface area contributed by atoms with Crippen LogP contribution in [-0.4, -0.2) is 22.4 Å². The average Bonchev–Trinajstić information content (AvgIpc) is 2.89. The fourth-order valence-electron chi connectivity index (χ4n) is 1.93. The van der Waals surface area contributed by atoms with Gasteiger partial charge in [-0.15, -0.1) is 0 Å². The van der Waals surface area contributed by atoms with Crippen molar-refractivity contribution in [2.75, 3.05) is 6.61 Å². The molecule has 0 aliphatic rings. The number of benzene rings is 1.